The normalized spacial score (nSPS) is 10.6. The fourth-order valence-electron chi connectivity index (χ4n) is 1.78. The number of aromatic nitrogens is 1. The Kier molecular flexibility index (Phi) is 4.66. The van der Waals surface area contributed by atoms with Gasteiger partial charge in [0.2, 0.25) is 0 Å². The molecule has 21 heavy (non-hydrogen) atoms. The van der Waals surface area contributed by atoms with E-state index in [1.807, 2.05) is 50.2 Å². The lowest BCUT2D eigenvalue weighted by Gasteiger charge is -2.11. The molecule has 1 heterocycles. The summed E-state index contributed by atoms with van der Waals surface area (Å²) in [5.41, 5.74) is 5.88. The third-order valence-corrected chi connectivity index (χ3v) is 2.95. The Morgan fingerprint density at radius 3 is 2.57 bits per heavy atom. The highest BCUT2D eigenvalue weighted by Crippen LogP contribution is 2.10. The number of carbonyl (C=O) groups is 1. The van der Waals surface area contributed by atoms with Crippen molar-refractivity contribution in [3.63, 3.8) is 0 Å². The lowest BCUT2D eigenvalue weighted by Crippen LogP contribution is -2.17. The Labute approximate surface area is 124 Å². The minimum absolute atomic E-state index is 0.248. The molecule has 5 heteroatoms. The number of hydrazone groups is 1. The van der Waals surface area contributed by atoms with Crippen LogP contribution in [0.15, 0.2) is 47.7 Å². The number of amides is 1. The molecule has 0 aliphatic heterocycles. The number of hydrogen-bond donors (Lipinski definition) is 1. The van der Waals surface area contributed by atoms with Gasteiger partial charge in [-0.25, -0.2) is 5.43 Å². The topological polar surface area (TPSA) is 57.6 Å². The van der Waals surface area contributed by atoms with E-state index in [1.165, 1.54) is 0 Å². The van der Waals surface area contributed by atoms with Crippen molar-refractivity contribution in [2.24, 2.45) is 5.10 Å². The van der Waals surface area contributed by atoms with Crippen molar-refractivity contribution in [1.82, 2.24) is 10.4 Å². The number of nitrogens with one attached hydrogen (secondary N) is 1. The number of pyridine rings is 1. The van der Waals surface area contributed by atoms with Crippen LogP contribution in [0, 0.1) is 6.92 Å². The molecule has 0 bridgehead atoms. The van der Waals surface area contributed by atoms with Gasteiger partial charge in [0.15, 0.2) is 0 Å². The van der Waals surface area contributed by atoms with Gasteiger partial charge in [-0.3, -0.25) is 9.78 Å². The summed E-state index contributed by atoms with van der Waals surface area (Å²) in [4.78, 5) is 17.9. The van der Waals surface area contributed by atoms with Crippen molar-refractivity contribution in [3.05, 3.63) is 59.4 Å². The zero-order chi connectivity index (χ0) is 15.2. The van der Waals surface area contributed by atoms with Gasteiger partial charge in [-0.2, -0.15) is 5.10 Å². The highest BCUT2D eigenvalue weighted by Gasteiger charge is 2.03. The maximum atomic E-state index is 11.9. The van der Waals surface area contributed by atoms with Gasteiger partial charge in [-0.15, -0.1) is 0 Å². The summed E-state index contributed by atoms with van der Waals surface area (Å²) in [5.74, 6) is -0.248. The summed E-state index contributed by atoms with van der Waals surface area (Å²) in [6.45, 7) is 1.84. The first-order valence-corrected chi connectivity index (χ1v) is 6.60. The van der Waals surface area contributed by atoms with E-state index in [1.54, 1.807) is 24.5 Å². The summed E-state index contributed by atoms with van der Waals surface area (Å²) in [5, 5.41) is 3.96. The van der Waals surface area contributed by atoms with Crippen molar-refractivity contribution in [2.45, 2.75) is 6.92 Å². The van der Waals surface area contributed by atoms with Crippen molar-refractivity contribution in [3.8, 4) is 0 Å². The molecule has 0 atom stereocenters. The number of nitrogens with zero attached hydrogens (tertiary/aromatic N) is 3. The third kappa shape index (κ3) is 4.14. The predicted molar refractivity (Wildman–Crippen MR) is 84.8 cm³/mol. The van der Waals surface area contributed by atoms with E-state index in [2.05, 4.69) is 15.5 Å². The molecule has 0 aliphatic rings. The highest BCUT2D eigenvalue weighted by atomic mass is 16.2. The van der Waals surface area contributed by atoms with Gasteiger partial charge in [0.1, 0.15) is 0 Å². The first kappa shape index (κ1) is 14.7. The zero-order valence-electron chi connectivity index (χ0n) is 12.4. The van der Waals surface area contributed by atoms with Crippen LogP contribution in [0.4, 0.5) is 5.69 Å². The monoisotopic (exact) mass is 282 g/mol. The highest BCUT2D eigenvalue weighted by molar-refractivity contribution is 5.94. The number of carbonyl (C=O) groups excluding carboxylic acids is 1. The molecule has 0 aliphatic carbocycles. The smallest absolute Gasteiger partial charge is 0.271 e. The summed E-state index contributed by atoms with van der Waals surface area (Å²) in [7, 11) is 3.97. The lowest BCUT2D eigenvalue weighted by molar-refractivity contribution is 0.0955. The standard InChI is InChI=1S/C16H18N4O/c1-12-10-14(8-9-17-12)16(21)19-18-11-13-4-6-15(7-5-13)20(2)3/h4-11H,1-3H3,(H,19,21)/b18-11-. The third-order valence-electron chi connectivity index (χ3n) is 2.95. The van der Waals surface area contributed by atoms with Gasteiger partial charge < -0.3 is 4.90 Å². The molecule has 1 N–H and O–H groups in total. The maximum Gasteiger partial charge on any atom is 0.271 e. The molecule has 5 nitrogen and oxygen atoms in total. The molecule has 1 aromatic heterocycles. The van der Waals surface area contributed by atoms with Gasteiger partial charge in [-0.1, -0.05) is 12.1 Å². The summed E-state index contributed by atoms with van der Waals surface area (Å²) in [6, 6.07) is 11.3. The SMILES string of the molecule is Cc1cc(C(=O)N/N=C\c2ccc(N(C)C)cc2)ccn1. The Morgan fingerprint density at radius 2 is 1.95 bits per heavy atom. The van der Waals surface area contributed by atoms with Crippen LogP contribution >= 0.6 is 0 Å². The Bertz CT molecular complexity index is 648. The summed E-state index contributed by atoms with van der Waals surface area (Å²) in [6.07, 6.45) is 3.22. The molecule has 0 saturated heterocycles. The largest absolute Gasteiger partial charge is 0.378 e. The molecule has 1 aromatic carbocycles. The minimum atomic E-state index is -0.248. The number of hydrogen-bond acceptors (Lipinski definition) is 4. The van der Waals surface area contributed by atoms with Crippen LogP contribution < -0.4 is 10.3 Å². The van der Waals surface area contributed by atoms with Gasteiger partial charge in [0.25, 0.3) is 5.91 Å². The van der Waals surface area contributed by atoms with Crippen molar-refractivity contribution < 1.29 is 4.79 Å². The zero-order valence-corrected chi connectivity index (χ0v) is 12.4. The van der Waals surface area contributed by atoms with Gasteiger partial charge in [0, 0.05) is 37.2 Å². The second kappa shape index (κ2) is 6.65. The first-order chi connectivity index (χ1) is 10.1. The summed E-state index contributed by atoms with van der Waals surface area (Å²) < 4.78 is 0. The van der Waals surface area contributed by atoms with Crippen LogP contribution in [0.5, 0.6) is 0 Å². The Morgan fingerprint density at radius 1 is 1.24 bits per heavy atom. The van der Waals surface area contributed by atoms with Gasteiger partial charge >= 0.3 is 0 Å². The molecule has 1 amide bonds. The number of aryl methyl sites for hydroxylation is 1. The quantitative estimate of drug-likeness (QED) is 0.691. The number of rotatable bonds is 4. The molecule has 108 valence electrons. The lowest BCUT2D eigenvalue weighted by atomic mass is 10.2. The maximum absolute atomic E-state index is 11.9. The first-order valence-electron chi connectivity index (χ1n) is 6.60. The van der Waals surface area contributed by atoms with Crippen LogP contribution in [0.3, 0.4) is 0 Å². The average molecular weight is 282 g/mol. The number of benzene rings is 1. The molecular weight excluding hydrogens is 264 g/mol. The molecule has 2 rings (SSSR count). The minimum Gasteiger partial charge on any atom is -0.378 e. The van der Waals surface area contributed by atoms with Crippen molar-refractivity contribution in [1.29, 1.82) is 0 Å². The van der Waals surface area contributed by atoms with E-state index in [-0.39, 0.29) is 5.91 Å². The number of anilines is 1. The molecule has 2 aromatic rings. The van der Waals surface area contributed by atoms with E-state index in [4.69, 9.17) is 0 Å². The second-order valence-electron chi connectivity index (χ2n) is 4.87. The van der Waals surface area contributed by atoms with E-state index in [9.17, 15) is 4.79 Å². The van der Waals surface area contributed by atoms with Gasteiger partial charge in [0.05, 0.1) is 6.21 Å². The predicted octanol–water partition coefficient (Wildman–Crippen LogP) is 2.22. The van der Waals surface area contributed by atoms with Crippen LogP contribution in [-0.2, 0) is 0 Å². The molecular formula is C16H18N4O. The van der Waals surface area contributed by atoms with E-state index >= 15 is 0 Å². The molecule has 0 fully saturated rings. The second-order valence-corrected chi connectivity index (χ2v) is 4.87. The average Bonchev–Trinajstić information content (AvgIpc) is 2.47. The molecule has 0 saturated carbocycles. The van der Waals surface area contributed by atoms with Crippen LogP contribution in [-0.4, -0.2) is 31.2 Å². The van der Waals surface area contributed by atoms with E-state index in [0.717, 1.165) is 16.9 Å². The summed E-state index contributed by atoms with van der Waals surface area (Å²) >= 11 is 0. The molecule has 0 unspecified atom stereocenters. The molecule has 0 radical (unpaired) electrons. The van der Waals surface area contributed by atoms with E-state index in [0.29, 0.717) is 5.56 Å². The Hall–Kier alpha value is -2.69. The van der Waals surface area contributed by atoms with Crippen LogP contribution in [0.2, 0.25) is 0 Å². The fraction of sp³-hybridized carbons (Fsp3) is 0.188. The van der Waals surface area contributed by atoms with Crippen molar-refractivity contribution in [2.75, 3.05) is 19.0 Å². The Balaban J connectivity index is 1.97. The van der Waals surface area contributed by atoms with Gasteiger partial charge in [-0.05, 0) is 36.8 Å². The van der Waals surface area contributed by atoms with Crippen molar-refractivity contribution >= 4 is 17.8 Å². The van der Waals surface area contributed by atoms with Crippen LogP contribution in [0.1, 0.15) is 21.6 Å². The van der Waals surface area contributed by atoms with E-state index < -0.39 is 0 Å². The fourth-order valence-corrected chi connectivity index (χ4v) is 1.78. The van der Waals surface area contributed by atoms with Crippen LogP contribution in [0.25, 0.3) is 0 Å². The molecule has 0 spiro atoms.